The van der Waals surface area contributed by atoms with Gasteiger partial charge >= 0.3 is 6.18 Å². The summed E-state index contributed by atoms with van der Waals surface area (Å²) in [6.07, 6.45) is -0.581. The van der Waals surface area contributed by atoms with Crippen molar-refractivity contribution in [3.8, 4) is 11.3 Å². The number of nitrogens with one attached hydrogen (secondary N) is 1. The lowest BCUT2D eigenvalue weighted by Crippen LogP contribution is -2.22. The van der Waals surface area contributed by atoms with E-state index in [0.717, 1.165) is 6.20 Å². The fourth-order valence-corrected chi connectivity index (χ4v) is 2.14. The van der Waals surface area contributed by atoms with Gasteiger partial charge in [0.2, 0.25) is 0 Å². The molecule has 0 spiro atoms. The van der Waals surface area contributed by atoms with Crippen LogP contribution in [0.15, 0.2) is 30.7 Å². The number of rotatable bonds is 2. The molecule has 3 heterocycles. The second-order valence-electron chi connectivity index (χ2n) is 4.54. The topological polar surface area (TPSA) is 63.6 Å². The van der Waals surface area contributed by atoms with Crippen molar-refractivity contribution in [2.24, 2.45) is 7.05 Å². The second-order valence-corrected chi connectivity index (χ2v) is 4.54. The molecule has 8 heteroatoms. The van der Waals surface area contributed by atoms with E-state index in [0.29, 0.717) is 16.9 Å². The van der Waals surface area contributed by atoms with E-state index in [2.05, 4.69) is 15.2 Å². The normalized spacial score (nSPS) is 12.0. The zero-order valence-electron chi connectivity index (χ0n) is 10.8. The average molecular weight is 294 g/mol. The van der Waals surface area contributed by atoms with Crippen LogP contribution in [0.3, 0.4) is 0 Å². The number of nitrogens with zero attached hydrogens (tertiary/aromatic N) is 3. The van der Waals surface area contributed by atoms with Crippen molar-refractivity contribution in [3.63, 3.8) is 0 Å². The van der Waals surface area contributed by atoms with Crippen molar-refractivity contribution in [3.05, 3.63) is 36.3 Å². The number of carbonyl (C=O) groups excluding carboxylic acids is 1. The van der Waals surface area contributed by atoms with E-state index in [-0.39, 0.29) is 5.39 Å². The Morgan fingerprint density at radius 2 is 2.10 bits per heavy atom. The molecule has 108 valence electrons. The number of fused-ring (bicyclic) bond motifs is 1. The van der Waals surface area contributed by atoms with Gasteiger partial charge in [-0.1, -0.05) is 0 Å². The minimum Gasteiger partial charge on any atom is -0.335 e. The highest BCUT2D eigenvalue weighted by molar-refractivity contribution is 6.10. The lowest BCUT2D eigenvalue weighted by Gasteiger charge is -2.03. The third-order valence-corrected chi connectivity index (χ3v) is 3.12. The summed E-state index contributed by atoms with van der Waals surface area (Å²) in [7, 11) is 1.54. The number of aromatic amines is 1. The van der Waals surface area contributed by atoms with Crippen LogP contribution >= 0.6 is 0 Å². The van der Waals surface area contributed by atoms with Gasteiger partial charge in [-0.15, -0.1) is 0 Å². The van der Waals surface area contributed by atoms with E-state index in [4.69, 9.17) is 0 Å². The molecule has 0 aromatic carbocycles. The maximum Gasteiger partial charge on any atom is 0.454 e. The third kappa shape index (κ3) is 2.18. The number of hydrogen-bond acceptors (Lipinski definition) is 3. The fraction of sp³-hybridized carbons (Fsp3) is 0.154. The molecule has 3 aromatic rings. The van der Waals surface area contributed by atoms with Gasteiger partial charge in [-0.05, 0) is 12.1 Å². The Kier molecular flexibility index (Phi) is 2.82. The van der Waals surface area contributed by atoms with Crippen LogP contribution in [0.1, 0.15) is 10.4 Å². The largest absolute Gasteiger partial charge is 0.454 e. The molecular weight excluding hydrogens is 285 g/mol. The van der Waals surface area contributed by atoms with Gasteiger partial charge in [0.05, 0.1) is 17.5 Å². The zero-order valence-corrected chi connectivity index (χ0v) is 10.8. The standard InChI is InChI=1S/C13H9F3N4O/c1-20-6-9(11(21)13(14,15)16)8-2-3-10(19-12(8)20)7-4-17-18-5-7/h2-6H,1H3,(H,17,18). The predicted octanol–water partition coefficient (Wildman–Crippen LogP) is 2.71. The molecule has 21 heavy (non-hydrogen) atoms. The number of hydrogen-bond donors (Lipinski definition) is 1. The molecular formula is C13H9F3N4O. The Hall–Kier alpha value is -2.64. The number of halogens is 3. The van der Waals surface area contributed by atoms with Crippen LogP contribution in [0.25, 0.3) is 22.3 Å². The molecule has 0 fully saturated rings. The molecule has 0 atom stereocenters. The van der Waals surface area contributed by atoms with E-state index in [1.807, 2.05) is 0 Å². The van der Waals surface area contributed by atoms with E-state index in [9.17, 15) is 18.0 Å². The van der Waals surface area contributed by atoms with Crippen molar-refractivity contribution in [2.75, 3.05) is 0 Å². The summed E-state index contributed by atoms with van der Waals surface area (Å²) >= 11 is 0. The molecule has 0 aliphatic carbocycles. The molecule has 0 unspecified atom stereocenters. The van der Waals surface area contributed by atoms with E-state index < -0.39 is 17.5 Å². The number of ketones is 1. The van der Waals surface area contributed by atoms with Gasteiger partial charge in [-0.25, -0.2) is 4.98 Å². The van der Waals surface area contributed by atoms with Crippen molar-refractivity contribution >= 4 is 16.8 Å². The SMILES string of the molecule is Cn1cc(C(=O)C(F)(F)F)c2ccc(-c3cn[nH]c3)nc21. The van der Waals surface area contributed by atoms with E-state index in [1.165, 1.54) is 10.6 Å². The van der Waals surface area contributed by atoms with Gasteiger partial charge in [-0.3, -0.25) is 9.89 Å². The minimum atomic E-state index is -4.91. The predicted molar refractivity (Wildman–Crippen MR) is 68.7 cm³/mol. The molecule has 0 aliphatic rings. The van der Waals surface area contributed by atoms with E-state index >= 15 is 0 Å². The van der Waals surface area contributed by atoms with Crippen LogP contribution < -0.4 is 0 Å². The summed E-state index contributed by atoms with van der Waals surface area (Å²) in [6.45, 7) is 0. The average Bonchev–Trinajstić information content (AvgIpc) is 3.05. The Bertz CT molecular complexity index is 818. The molecule has 0 amide bonds. The van der Waals surface area contributed by atoms with Crippen molar-refractivity contribution in [1.29, 1.82) is 0 Å². The van der Waals surface area contributed by atoms with Crippen LogP contribution in [0, 0.1) is 0 Å². The number of pyridine rings is 1. The van der Waals surface area contributed by atoms with Gasteiger partial charge in [0.15, 0.2) is 0 Å². The summed E-state index contributed by atoms with van der Waals surface area (Å²) in [5.74, 6) is -1.87. The van der Waals surface area contributed by atoms with Gasteiger partial charge < -0.3 is 4.57 Å². The minimum absolute atomic E-state index is 0.173. The lowest BCUT2D eigenvalue weighted by molar-refractivity contribution is -0.0884. The van der Waals surface area contributed by atoms with Crippen molar-refractivity contribution < 1.29 is 18.0 Å². The zero-order chi connectivity index (χ0) is 15.2. The molecule has 0 aliphatic heterocycles. The van der Waals surface area contributed by atoms with Gasteiger partial charge in [0.25, 0.3) is 5.78 Å². The number of H-pyrrole nitrogens is 1. The molecule has 5 nitrogen and oxygen atoms in total. The molecule has 0 saturated heterocycles. The highest BCUT2D eigenvalue weighted by Gasteiger charge is 2.40. The van der Waals surface area contributed by atoms with Crippen LogP contribution in [-0.4, -0.2) is 31.7 Å². The number of alkyl halides is 3. The first kappa shape index (κ1) is 13.3. The number of aryl methyl sites for hydroxylation is 1. The smallest absolute Gasteiger partial charge is 0.335 e. The summed E-state index contributed by atoms with van der Waals surface area (Å²) in [5, 5.41) is 6.60. The highest BCUT2D eigenvalue weighted by Crippen LogP contribution is 2.29. The quantitative estimate of drug-likeness (QED) is 0.739. The first-order chi connectivity index (χ1) is 9.88. The molecule has 1 N–H and O–H groups in total. The molecule has 3 rings (SSSR count). The number of Topliss-reactive ketones (excluding diaryl/α,β-unsaturated/α-hetero) is 1. The van der Waals surface area contributed by atoms with Crippen LogP contribution in [0.5, 0.6) is 0 Å². The Morgan fingerprint density at radius 3 is 2.71 bits per heavy atom. The molecule has 0 radical (unpaired) electrons. The Labute approximate surface area is 116 Å². The summed E-state index contributed by atoms with van der Waals surface area (Å²) in [6, 6.07) is 3.02. The number of aromatic nitrogens is 4. The van der Waals surface area contributed by atoms with Crippen LogP contribution in [0.2, 0.25) is 0 Å². The lowest BCUT2D eigenvalue weighted by atomic mass is 10.1. The molecule has 0 saturated carbocycles. The maximum absolute atomic E-state index is 12.6. The van der Waals surface area contributed by atoms with Crippen LogP contribution in [0.4, 0.5) is 13.2 Å². The molecule has 0 bridgehead atoms. The maximum atomic E-state index is 12.6. The Balaban J connectivity index is 2.17. The monoisotopic (exact) mass is 294 g/mol. The first-order valence-electron chi connectivity index (χ1n) is 5.94. The molecule has 3 aromatic heterocycles. The van der Waals surface area contributed by atoms with Crippen molar-refractivity contribution in [2.45, 2.75) is 6.18 Å². The second kappa shape index (κ2) is 4.44. The van der Waals surface area contributed by atoms with Crippen LogP contribution in [-0.2, 0) is 7.05 Å². The summed E-state index contributed by atoms with van der Waals surface area (Å²) in [4.78, 5) is 15.7. The highest BCUT2D eigenvalue weighted by atomic mass is 19.4. The summed E-state index contributed by atoms with van der Waals surface area (Å²) < 4.78 is 39.1. The first-order valence-corrected chi connectivity index (χ1v) is 5.94. The van der Waals surface area contributed by atoms with Gasteiger partial charge in [0.1, 0.15) is 5.65 Å². The third-order valence-electron chi connectivity index (χ3n) is 3.12. The van der Waals surface area contributed by atoms with Crippen molar-refractivity contribution in [1.82, 2.24) is 19.7 Å². The Morgan fingerprint density at radius 1 is 1.33 bits per heavy atom. The summed E-state index contributed by atoms with van der Waals surface area (Å²) in [5.41, 5.74) is 1.18. The van der Waals surface area contributed by atoms with Gasteiger partial charge in [0, 0.05) is 30.4 Å². The van der Waals surface area contributed by atoms with Gasteiger partial charge in [-0.2, -0.15) is 18.3 Å². The fourth-order valence-electron chi connectivity index (χ4n) is 2.14. The van der Waals surface area contributed by atoms with E-state index in [1.54, 1.807) is 25.5 Å². The number of carbonyl (C=O) groups is 1.